The number of ether oxygens (including phenoxy) is 1. The van der Waals surface area contributed by atoms with E-state index in [0.29, 0.717) is 6.04 Å². The van der Waals surface area contributed by atoms with Crippen molar-refractivity contribution in [3.05, 3.63) is 23.9 Å². The topological polar surface area (TPSA) is 45.6 Å². The van der Waals surface area contributed by atoms with Gasteiger partial charge in [-0.25, -0.2) is 4.98 Å². The molecule has 1 atom stereocenters. The van der Waals surface area contributed by atoms with E-state index in [9.17, 15) is 0 Å². The molecule has 1 aliphatic heterocycles. The van der Waals surface area contributed by atoms with E-state index in [2.05, 4.69) is 16.8 Å². The Bertz CT molecular complexity index is 330. The molecule has 0 spiro atoms. The molecule has 82 valence electrons. The minimum Gasteiger partial charge on any atom is -0.392 e. The third kappa shape index (κ3) is 2.27. The van der Waals surface area contributed by atoms with Crippen molar-refractivity contribution >= 4 is 5.82 Å². The smallest absolute Gasteiger partial charge is 0.129 e. The van der Waals surface area contributed by atoms with Crippen molar-refractivity contribution in [2.45, 2.75) is 19.6 Å². The maximum absolute atomic E-state index is 9.06. The number of aliphatic hydroxyl groups is 1. The second-order valence-electron chi connectivity index (χ2n) is 3.80. The molecule has 1 saturated heterocycles. The van der Waals surface area contributed by atoms with E-state index in [1.165, 1.54) is 0 Å². The minimum absolute atomic E-state index is 0.0637. The summed E-state index contributed by atoms with van der Waals surface area (Å²) < 4.78 is 5.37. The van der Waals surface area contributed by atoms with Gasteiger partial charge in [-0.2, -0.15) is 0 Å². The summed E-state index contributed by atoms with van der Waals surface area (Å²) in [5.74, 6) is 0.928. The van der Waals surface area contributed by atoms with E-state index in [0.717, 1.165) is 31.1 Å². The number of aliphatic hydroxyl groups excluding tert-OH is 1. The number of hydrogen-bond donors (Lipinski definition) is 1. The predicted octanol–water partition coefficient (Wildman–Crippen LogP) is 0.799. The Kier molecular flexibility index (Phi) is 3.18. The largest absolute Gasteiger partial charge is 0.392 e. The standard InChI is InChI=1S/C11H16N2O2/c1-9-8-15-5-4-13(9)11-6-10(7-14)2-3-12-11/h2-3,6,9,14H,4-5,7-8H2,1H3. The first-order chi connectivity index (χ1) is 7.31. The molecule has 1 aliphatic rings. The molecule has 15 heavy (non-hydrogen) atoms. The van der Waals surface area contributed by atoms with Crippen LogP contribution in [0.2, 0.25) is 0 Å². The minimum atomic E-state index is 0.0637. The average molecular weight is 208 g/mol. The van der Waals surface area contributed by atoms with Gasteiger partial charge < -0.3 is 14.7 Å². The summed E-state index contributed by atoms with van der Waals surface area (Å²) in [5, 5.41) is 9.06. The molecule has 1 aromatic heterocycles. The summed E-state index contributed by atoms with van der Waals surface area (Å²) in [6.07, 6.45) is 1.74. The molecule has 1 fully saturated rings. The van der Waals surface area contributed by atoms with Gasteiger partial charge in [-0.3, -0.25) is 0 Å². The molecule has 2 heterocycles. The number of rotatable bonds is 2. The fourth-order valence-corrected chi connectivity index (χ4v) is 1.78. The number of morpholine rings is 1. The average Bonchev–Trinajstić information content (AvgIpc) is 2.30. The van der Waals surface area contributed by atoms with Crippen molar-refractivity contribution in [3.63, 3.8) is 0 Å². The van der Waals surface area contributed by atoms with Gasteiger partial charge in [-0.1, -0.05) is 0 Å². The van der Waals surface area contributed by atoms with Crippen LogP contribution in [-0.2, 0) is 11.3 Å². The van der Waals surface area contributed by atoms with Crippen molar-refractivity contribution in [2.75, 3.05) is 24.7 Å². The highest BCUT2D eigenvalue weighted by atomic mass is 16.5. The summed E-state index contributed by atoms with van der Waals surface area (Å²) in [6, 6.07) is 4.11. The molecular formula is C11H16N2O2. The maximum Gasteiger partial charge on any atom is 0.129 e. The SMILES string of the molecule is CC1COCCN1c1cc(CO)ccn1. The van der Waals surface area contributed by atoms with E-state index in [4.69, 9.17) is 9.84 Å². The van der Waals surface area contributed by atoms with Crippen molar-refractivity contribution in [2.24, 2.45) is 0 Å². The van der Waals surface area contributed by atoms with Gasteiger partial charge in [0.25, 0.3) is 0 Å². The highest BCUT2D eigenvalue weighted by Crippen LogP contribution is 2.17. The van der Waals surface area contributed by atoms with Crippen LogP contribution in [0.15, 0.2) is 18.3 Å². The molecule has 1 aromatic rings. The third-order valence-corrected chi connectivity index (χ3v) is 2.65. The Balaban J connectivity index is 2.19. The molecule has 0 aromatic carbocycles. The van der Waals surface area contributed by atoms with Crippen LogP contribution in [0, 0.1) is 0 Å². The Morgan fingerprint density at radius 3 is 3.27 bits per heavy atom. The van der Waals surface area contributed by atoms with Crippen LogP contribution < -0.4 is 4.90 Å². The Hall–Kier alpha value is -1.13. The van der Waals surface area contributed by atoms with Crippen molar-refractivity contribution < 1.29 is 9.84 Å². The lowest BCUT2D eigenvalue weighted by atomic mass is 10.2. The molecule has 0 amide bonds. The Morgan fingerprint density at radius 1 is 1.67 bits per heavy atom. The second kappa shape index (κ2) is 4.59. The summed E-state index contributed by atoms with van der Waals surface area (Å²) in [5.41, 5.74) is 0.902. The van der Waals surface area contributed by atoms with Crippen LogP contribution in [0.1, 0.15) is 12.5 Å². The molecule has 0 aliphatic carbocycles. The summed E-state index contributed by atoms with van der Waals surface area (Å²) in [7, 11) is 0. The Morgan fingerprint density at radius 2 is 2.53 bits per heavy atom. The highest BCUT2D eigenvalue weighted by molar-refractivity contribution is 5.42. The molecule has 2 rings (SSSR count). The lowest BCUT2D eigenvalue weighted by molar-refractivity contribution is 0.0985. The van der Waals surface area contributed by atoms with E-state index >= 15 is 0 Å². The van der Waals surface area contributed by atoms with Gasteiger partial charge in [0, 0.05) is 12.7 Å². The maximum atomic E-state index is 9.06. The highest BCUT2D eigenvalue weighted by Gasteiger charge is 2.19. The van der Waals surface area contributed by atoms with Gasteiger partial charge in [0.1, 0.15) is 5.82 Å². The van der Waals surface area contributed by atoms with Gasteiger partial charge in [0.05, 0.1) is 25.9 Å². The second-order valence-corrected chi connectivity index (χ2v) is 3.80. The number of anilines is 1. The number of hydrogen-bond acceptors (Lipinski definition) is 4. The summed E-state index contributed by atoms with van der Waals surface area (Å²) in [4.78, 5) is 6.53. The molecular weight excluding hydrogens is 192 g/mol. The zero-order chi connectivity index (χ0) is 10.7. The Labute approximate surface area is 89.5 Å². The van der Waals surface area contributed by atoms with Crippen molar-refractivity contribution in [1.82, 2.24) is 4.98 Å². The van der Waals surface area contributed by atoms with Crippen LogP contribution >= 0.6 is 0 Å². The van der Waals surface area contributed by atoms with Gasteiger partial charge in [-0.15, -0.1) is 0 Å². The van der Waals surface area contributed by atoms with E-state index in [-0.39, 0.29) is 6.61 Å². The van der Waals surface area contributed by atoms with Crippen LogP contribution in [0.5, 0.6) is 0 Å². The van der Waals surface area contributed by atoms with Gasteiger partial charge in [-0.05, 0) is 24.6 Å². The fourth-order valence-electron chi connectivity index (χ4n) is 1.78. The molecule has 4 nitrogen and oxygen atoms in total. The zero-order valence-electron chi connectivity index (χ0n) is 8.89. The van der Waals surface area contributed by atoms with Gasteiger partial charge in [0.2, 0.25) is 0 Å². The van der Waals surface area contributed by atoms with E-state index < -0.39 is 0 Å². The van der Waals surface area contributed by atoms with E-state index in [1.54, 1.807) is 6.20 Å². The number of aromatic nitrogens is 1. The number of nitrogens with zero attached hydrogens (tertiary/aromatic N) is 2. The molecule has 0 saturated carbocycles. The first-order valence-corrected chi connectivity index (χ1v) is 5.21. The van der Waals surface area contributed by atoms with Crippen molar-refractivity contribution in [3.8, 4) is 0 Å². The lowest BCUT2D eigenvalue weighted by Gasteiger charge is -2.34. The normalized spacial score (nSPS) is 21.7. The zero-order valence-corrected chi connectivity index (χ0v) is 8.89. The summed E-state index contributed by atoms with van der Waals surface area (Å²) in [6.45, 7) is 4.53. The van der Waals surface area contributed by atoms with Gasteiger partial charge >= 0.3 is 0 Å². The van der Waals surface area contributed by atoms with Crippen molar-refractivity contribution in [1.29, 1.82) is 0 Å². The molecule has 4 heteroatoms. The number of pyridine rings is 1. The quantitative estimate of drug-likeness (QED) is 0.781. The van der Waals surface area contributed by atoms with Crippen LogP contribution in [0.25, 0.3) is 0 Å². The van der Waals surface area contributed by atoms with Crippen LogP contribution in [0.4, 0.5) is 5.82 Å². The van der Waals surface area contributed by atoms with Crippen LogP contribution in [0.3, 0.4) is 0 Å². The monoisotopic (exact) mass is 208 g/mol. The van der Waals surface area contributed by atoms with Crippen LogP contribution in [-0.4, -0.2) is 35.9 Å². The van der Waals surface area contributed by atoms with Gasteiger partial charge in [0.15, 0.2) is 0 Å². The molecule has 0 radical (unpaired) electrons. The molecule has 1 N–H and O–H groups in total. The summed E-state index contributed by atoms with van der Waals surface area (Å²) >= 11 is 0. The first kappa shape index (κ1) is 10.4. The predicted molar refractivity (Wildman–Crippen MR) is 57.8 cm³/mol. The van der Waals surface area contributed by atoms with E-state index in [1.807, 2.05) is 12.1 Å². The fraction of sp³-hybridized carbons (Fsp3) is 0.545. The first-order valence-electron chi connectivity index (χ1n) is 5.21. The third-order valence-electron chi connectivity index (χ3n) is 2.65. The molecule has 1 unspecified atom stereocenters. The molecule has 0 bridgehead atoms. The lowest BCUT2D eigenvalue weighted by Crippen LogP contribution is -2.44.